The molecule has 0 saturated carbocycles. The van der Waals surface area contributed by atoms with Gasteiger partial charge in [0.15, 0.2) is 0 Å². The predicted molar refractivity (Wildman–Crippen MR) is 43.8 cm³/mol. The molecule has 2 N–H and O–H groups in total. The summed E-state index contributed by atoms with van der Waals surface area (Å²) in [6.45, 7) is 5.06. The van der Waals surface area contributed by atoms with Gasteiger partial charge in [0.1, 0.15) is 5.60 Å². The molecule has 0 aliphatic heterocycles. The SMILES string of the molecule is CC(C)(C)OC(=O)NC(=O)NCl. The Morgan fingerprint density at radius 2 is 1.83 bits per heavy atom. The first kappa shape index (κ1) is 11.0. The van der Waals surface area contributed by atoms with Crippen LogP contribution in [0.1, 0.15) is 20.8 Å². The van der Waals surface area contributed by atoms with Crippen molar-refractivity contribution in [3.05, 3.63) is 0 Å². The van der Waals surface area contributed by atoms with Crippen molar-refractivity contribution < 1.29 is 14.3 Å². The maximum absolute atomic E-state index is 10.8. The summed E-state index contributed by atoms with van der Waals surface area (Å²) in [5.41, 5.74) is -0.628. The zero-order valence-corrected chi connectivity index (χ0v) is 7.86. The normalized spacial score (nSPS) is 10.3. The molecule has 3 amide bonds. The molecule has 0 fully saturated rings. The van der Waals surface area contributed by atoms with E-state index in [4.69, 9.17) is 16.5 Å². The molecule has 0 radical (unpaired) electrons. The number of carbonyl (C=O) groups excluding carboxylic acids is 2. The topological polar surface area (TPSA) is 67.4 Å². The van der Waals surface area contributed by atoms with Crippen molar-refractivity contribution >= 4 is 23.9 Å². The average molecular weight is 195 g/mol. The molecule has 5 nitrogen and oxygen atoms in total. The highest BCUT2D eigenvalue weighted by Gasteiger charge is 2.17. The van der Waals surface area contributed by atoms with Crippen molar-refractivity contribution in [2.75, 3.05) is 0 Å². The smallest absolute Gasteiger partial charge is 0.415 e. The molecular weight excluding hydrogens is 184 g/mol. The summed E-state index contributed by atoms with van der Waals surface area (Å²) in [5, 5.41) is 1.84. The second-order valence-corrected chi connectivity index (χ2v) is 3.24. The van der Waals surface area contributed by atoms with Gasteiger partial charge in [-0.3, -0.25) is 0 Å². The van der Waals surface area contributed by atoms with Crippen LogP contribution in [0.2, 0.25) is 0 Å². The van der Waals surface area contributed by atoms with Gasteiger partial charge in [-0.05, 0) is 20.8 Å². The molecule has 0 aromatic carbocycles. The van der Waals surface area contributed by atoms with Crippen LogP contribution in [0.25, 0.3) is 0 Å². The first-order chi connectivity index (χ1) is 5.35. The van der Waals surface area contributed by atoms with Gasteiger partial charge in [-0.15, -0.1) is 0 Å². The van der Waals surface area contributed by atoms with E-state index in [1.165, 1.54) is 0 Å². The summed E-state index contributed by atoms with van der Waals surface area (Å²) >= 11 is 4.90. The Balaban J connectivity index is 3.83. The minimum Gasteiger partial charge on any atom is -0.443 e. The van der Waals surface area contributed by atoms with E-state index >= 15 is 0 Å². The van der Waals surface area contributed by atoms with Crippen LogP contribution in [0.3, 0.4) is 0 Å². The van der Waals surface area contributed by atoms with E-state index in [9.17, 15) is 9.59 Å². The number of carbonyl (C=O) groups is 2. The molecule has 0 aliphatic carbocycles. The summed E-state index contributed by atoms with van der Waals surface area (Å²) in [7, 11) is 0. The van der Waals surface area contributed by atoms with E-state index in [1.807, 2.05) is 5.32 Å². The zero-order valence-electron chi connectivity index (χ0n) is 7.10. The van der Waals surface area contributed by atoms with Gasteiger partial charge in [-0.25, -0.2) is 19.7 Å². The van der Waals surface area contributed by atoms with Crippen LogP contribution in [0.5, 0.6) is 0 Å². The van der Waals surface area contributed by atoms with Gasteiger partial charge in [0.25, 0.3) is 0 Å². The third-order valence-electron chi connectivity index (χ3n) is 0.700. The molecule has 0 aromatic heterocycles. The van der Waals surface area contributed by atoms with Crippen molar-refractivity contribution in [2.24, 2.45) is 0 Å². The lowest BCUT2D eigenvalue weighted by Crippen LogP contribution is -2.39. The van der Waals surface area contributed by atoms with Gasteiger partial charge in [-0.1, -0.05) is 0 Å². The molecule has 0 aliphatic rings. The van der Waals surface area contributed by atoms with Crippen molar-refractivity contribution in [3.63, 3.8) is 0 Å². The third kappa shape index (κ3) is 5.79. The van der Waals surface area contributed by atoms with Crippen molar-refractivity contribution in [1.82, 2.24) is 10.2 Å². The molecule has 0 unspecified atom stereocenters. The summed E-state index contributed by atoms with van der Waals surface area (Å²) in [5.74, 6) is 0. The van der Waals surface area contributed by atoms with E-state index in [1.54, 1.807) is 25.6 Å². The Morgan fingerprint density at radius 1 is 1.33 bits per heavy atom. The van der Waals surface area contributed by atoms with Gasteiger partial charge in [0, 0.05) is 11.8 Å². The molecule has 12 heavy (non-hydrogen) atoms. The molecule has 0 rings (SSSR count). The molecule has 0 heterocycles. The molecule has 0 bridgehead atoms. The van der Waals surface area contributed by atoms with Crippen molar-refractivity contribution in [3.8, 4) is 0 Å². The van der Waals surface area contributed by atoms with Crippen molar-refractivity contribution in [2.45, 2.75) is 26.4 Å². The molecule has 0 saturated heterocycles. The number of amides is 3. The Bertz CT molecular complexity index is 188. The average Bonchev–Trinajstić information content (AvgIpc) is 1.82. The van der Waals surface area contributed by atoms with Gasteiger partial charge in [-0.2, -0.15) is 0 Å². The van der Waals surface area contributed by atoms with Crippen LogP contribution >= 0.6 is 11.8 Å². The fourth-order valence-electron chi connectivity index (χ4n) is 0.420. The van der Waals surface area contributed by atoms with Crippen LogP contribution in [0.4, 0.5) is 9.59 Å². The Hall–Kier alpha value is -0.970. The van der Waals surface area contributed by atoms with E-state index < -0.39 is 17.7 Å². The van der Waals surface area contributed by atoms with Crippen molar-refractivity contribution in [1.29, 1.82) is 0 Å². The second-order valence-electron chi connectivity index (χ2n) is 3.05. The van der Waals surface area contributed by atoms with E-state index in [0.717, 1.165) is 0 Å². The Kier molecular flexibility index (Phi) is 3.82. The summed E-state index contributed by atoms with van der Waals surface area (Å²) < 4.78 is 4.74. The molecule has 6 heteroatoms. The number of halogens is 1. The van der Waals surface area contributed by atoms with Gasteiger partial charge < -0.3 is 4.74 Å². The minimum atomic E-state index is -0.833. The van der Waals surface area contributed by atoms with Gasteiger partial charge in [0.05, 0.1) is 0 Å². The van der Waals surface area contributed by atoms with E-state index in [2.05, 4.69) is 0 Å². The lowest BCUT2D eigenvalue weighted by atomic mass is 10.2. The van der Waals surface area contributed by atoms with Crippen LogP contribution in [-0.2, 0) is 4.74 Å². The zero-order chi connectivity index (χ0) is 9.78. The first-order valence-electron chi connectivity index (χ1n) is 3.26. The Morgan fingerprint density at radius 3 is 2.17 bits per heavy atom. The number of nitrogens with one attached hydrogen (secondary N) is 2. The van der Waals surface area contributed by atoms with E-state index in [-0.39, 0.29) is 0 Å². The largest absolute Gasteiger partial charge is 0.443 e. The van der Waals surface area contributed by atoms with Crippen LogP contribution in [0, 0.1) is 0 Å². The van der Waals surface area contributed by atoms with Crippen LogP contribution in [-0.4, -0.2) is 17.7 Å². The van der Waals surface area contributed by atoms with Gasteiger partial charge in [0.2, 0.25) is 0 Å². The van der Waals surface area contributed by atoms with Crippen LogP contribution in [0.15, 0.2) is 0 Å². The second kappa shape index (κ2) is 4.15. The molecule has 0 spiro atoms. The lowest BCUT2D eigenvalue weighted by molar-refractivity contribution is 0.0549. The monoisotopic (exact) mass is 194 g/mol. The van der Waals surface area contributed by atoms with Gasteiger partial charge >= 0.3 is 12.1 Å². The number of imide groups is 1. The first-order valence-corrected chi connectivity index (χ1v) is 3.63. The maximum Gasteiger partial charge on any atom is 0.415 e. The third-order valence-corrected chi connectivity index (χ3v) is 0.872. The lowest BCUT2D eigenvalue weighted by Gasteiger charge is -2.18. The molecule has 70 valence electrons. The highest BCUT2D eigenvalue weighted by Crippen LogP contribution is 2.05. The standard InChI is InChI=1S/C6H11ClN2O3/c1-6(2,3)12-5(11)8-4(10)9-7/h1-3H3,(H2,8,9,10,11). The summed E-state index contributed by atoms with van der Waals surface area (Å²) in [6.07, 6.45) is -0.833. The highest BCUT2D eigenvalue weighted by molar-refractivity contribution is 6.22. The number of urea groups is 1. The molecular formula is C6H11ClN2O3. The quantitative estimate of drug-likeness (QED) is 0.573. The summed E-state index contributed by atoms with van der Waals surface area (Å²) in [6, 6.07) is -0.814. The summed E-state index contributed by atoms with van der Waals surface area (Å²) in [4.78, 5) is 22.9. The number of ether oxygens (including phenoxy) is 1. The highest BCUT2D eigenvalue weighted by atomic mass is 35.5. The number of hydrogen-bond acceptors (Lipinski definition) is 3. The fourth-order valence-corrected chi connectivity index (χ4v) is 0.467. The fraction of sp³-hybridized carbons (Fsp3) is 0.667. The molecule has 0 atom stereocenters. The van der Waals surface area contributed by atoms with E-state index in [0.29, 0.717) is 0 Å². The number of alkyl carbamates (subject to hydrolysis) is 1. The Labute approximate surface area is 75.5 Å². The minimum absolute atomic E-state index is 0.628. The molecule has 0 aromatic rings. The number of hydrogen-bond donors (Lipinski definition) is 2. The predicted octanol–water partition coefficient (Wildman–Crippen LogP) is 1.37. The van der Waals surface area contributed by atoms with Crippen LogP contribution < -0.4 is 10.2 Å². The number of rotatable bonds is 0. The maximum atomic E-state index is 10.8.